The molecule has 0 bridgehead atoms. The summed E-state index contributed by atoms with van der Waals surface area (Å²) in [6.07, 6.45) is 3.95. The van der Waals surface area contributed by atoms with Gasteiger partial charge < -0.3 is 24.2 Å². The molecule has 45 heavy (non-hydrogen) atoms. The Morgan fingerprint density at radius 2 is 1.98 bits per heavy atom. The number of halogens is 4. The molecule has 13 heteroatoms. The molecule has 1 aliphatic carbocycles. The van der Waals surface area contributed by atoms with Crippen LogP contribution in [0.5, 0.6) is 5.75 Å². The lowest BCUT2D eigenvalue weighted by Gasteiger charge is -2.40. The lowest BCUT2D eigenvalue weighted by atomic mass is 9.98. The first-order valence-corrected chi connectivity index (χ1v) is 14.6. The van der Waals surface area contributed by atoms with Crippen molar-refractivity contribution in [2.24, 2.45) is 10.2 Å². The Kier molecular flexibility index (Phi) is 13.2. The average Bonchev–Trinajstić information content (AvgIpc) is 3.02. The topological polar surface area (TPSA) is 93.8 Å². The zero-order valence-corrected chi connectivity index (χ0v) is 25.5. The number of alkyl halides is 3. The van der Waals surface area contributed by atoms with Crippen LogP contribution in [0.1, 0.15) is 32.1 Å². The molecular formula is C32H38F4N6O3. The van der Waals surface area contributed by atoms with Gasteiger partial charge in [0.1, 0.15) is 17.3 Å². The van der Waals surface area contributed by atoms with Gasteiger partial charge in [0.15, 0.2) is 0 Å². The minimum Gasteiger partial charge on any atom is -0.501 e. The van der Waals surface area contributed by atoms with Crippen molar-refractivity contribution in [3.8, 4) is 12.0 Å². The van der Waals surface area contributed by atoms with Crippen LogP contribution in [0.4, 0.5) is 23.2 Å². The third-order valence-corrected chi connectivity index (χ3v) is 7.43. The van der Waals surface area contributed by atoms with Crippen LogP contribution in [0.15, 0.2) is 93.7 Å². The van der Waals surface area contributed by atoms with Gasteiger partial charge in [-0.25, -0.2) is 9.38 Å². The molecular weight excluding hydrogens is 592 g/mol. The molecule has 9 nitrogen and oxygen atoms in total. The van der Waals surface area contributed by atoms with Gasteiger partial charge in [-0.15, -0.1) is 5.26 Å². The van der Waals surface area contributed by atoms with Crippen molar-refractivity contribution in [1.29, 1.82) is 5.26 Å². The minimum absolute atomic E-state index is 0.119. The van der Waals surface area contributed by atoms with Crippen molar-refractivity contribution in [2.75, 3.05) is 58.3 Å². The highest BCUT2D eigenvalue weighted by molar-refractivity contribution is 5.82. The molecule has 1 heterocycles. The summed E-state index contributed by atoms with van der Waals surface area (Å²) in [5.74, 6) is 0.933. The predicted molar refractivity (Wildman–Crippen MR) is 166 cm³/mol. The molecule has 0 atom stereocenters. The molecule has 0 unspecified atom stereocenters. The molecule has 2 aliphatic rings. The highest BCUT2D eigenvalue weighted by Crippen LogP contribution is 2.31. The molecule has 0 aromatic heterocycles. The Morgan fingerprint density at radius 1 is 1.22 bits per heavy atom. The van der Waals surface area contributed by atoms with Crippen LogP contribution < -0.4 is 9.64 Å². The quantitative estimate of drug-likeness (QED) is 0.0339. The van der Waals surface area contributed by atoms with Crippen LogP contribution in [-0.2, 0) is 4.74 Å². The summed E-state index contributed by atoms with van der Waals surface area (Å²) in [5, 5.41) is 11.8. The van der Waals surface area contributed by atoms with E-state index in [1.807, 2.05) is 28.0 Å². The van der Waals surface area contributed by atoms with Crippen LogP contribution >= 0.6 is 0 Å². The summed E-state index contributed by atoms with van der Waals surface area (Å²) in [5.41, 5.74) is 0.959. The van der Waals surface area contributed by atoms with Crippen LogP contribution in [0.3, 0.4) is 0 Å². The number of piperazine rings is 1. The first-order chi connectivity index (χ1) is 21.6. The molecule has 0 radical (unpaired) electrons. The smallest absolute Gasteiger partial charge is 0.416 e. The summed E-state index contributed by atoms with van der Waals surface area (Å²) in [7, 11) is 3.18. The Balaban J connectivity index is 1.87. The zero-order chi connectivity index (χ0) is 32.8. The van der Waals surface area contributed by atoms with E-state index in [2.05, 4.69) is 16.7 Å². The standard InChI is InChI=1S/C32H38F4N6O3/c1-4-25(32(34,35)36)13-14-27(44-3)15-17-40(2)31(39-30-24(9-7-16-38-43)8-5-12-29(30)33)42-20-18-41(19-21-42)26-10-6-11-28(22-26)45-23-37/h4,6,8,10-11,13-14,22H,1,5,7,9,12,15-21H2,2-3H3/b25-13+,27-14+,39-31+. The number of rotatable bonds is 13. The summed E-state index contributed by atoms with van der Waals surface area (Å²) in [4.78, 5) is 21.5. The number of nitroso groups, excluding NO2 is 1. The van der Waals surface area contributed by atoms with Crippen molar-refractivity contribution < 1.29 is 27.0 Å². The maximum absolute atomic E-state index is 15.3. The van der Waals surface area contributed by atoms with E-state index in [1.165, 1.54) is 13.2 Å². The number of methoxy groups -OCH3 is 1. The molecule has 0 N–H and O–H groups in total. The number of aliphatic imine (C=N–C) groups is 1. The average molecular weight is 631 g/mol. The molecule has 0 amide bonds. The first-order valence-electron chi connectivity index (χ1n) is 14.6. The maximum atomic E-state index is 15.3. The lowest BCUT2D eigenvalue weighted by molar-refractivity contribution is -0.0881. The van der Waals surface area contributed by atoms with Crippen LogP contribution in [0.25, 0.3) is 0 Å². The van der Waals surface area contributed by atoms with Gasteiger partial charge in [0.05, 0.1) is 25.0 Å². The molecule has 1 saturated heterocycles. The van der Waals surface area contributed by atoms with Gasteiger partial charge >= 0.3 is 6.18 Å². The molecule has 1 aromatic carbocycles. The zero-order valence-electron chi connectivity index (χ0n) is 25.5. The first kappa shape index (κ1) is 34.9. The lowest BCUT2D eigenvalue weighted by Crippen LogP contribution is -2.53. The summed E-state index contributed by atoms with van der Waals surface area (Å²) in [6, 6.07) is 7.23. The Morgan fingerprint density at radius 3 is 2.62 bits per heavy atom. The number of nitrogens with zero attached hydrogens (tertiary/aromatic N) is 6. The molecule has 0 saturated carbocycles. The Bertz CT molecular complexity index is 1390. The maximum Gasteiger partial charge on any atom is 0.416 e. The van der Waals surface area contributed by atoms with Crippen molar-refractivity contribution in [3.63, 3.8) is 0 Å². The van der Waals surface area contributed by atoms with Gasteiger partial charge in [0.2, 0.25) is 5.96 Å². The summed E-state index contributed by atoms with van der Waals surface area (Å²) < 4.78 is 65.1. The van der Waals surface area contributed by atoms with Crippen LogP contribution in [-0.4, -0.2) is 75.4 Å². The van der Waals surface area contributed by atoms with Crippen molar-refractivity contribution in [2.45, 2.75) is 38.3 Å². The number of hydrogen-bond acceptors (Lipinski definition) is 7. The third-order valence-electron chi connectivity index (χ3n) is 7.43. The number of allylic oxidation sites excluding steroid dienone is 7. The molecule has 1 fully saturated rings. The van der Waals surface area contributed by atoms with Gasteiger partial charge in [-0.2, -0.15) is 18.1 Å². The van der Waals surface area contributed by atoms with Crippen molar-refractivity contribution in [3.05, 3.63) is 88.5 Å². The monoisotopic (exact) mass is 630 g/mol. The number of nitriles is 1. The van der Waals surface area contributed by atoms with E-state index in [-0.39, 0.29) is 30.9 Å². The van der Waals surface area contributed by atoms with E-state index in [0.717, 1.165) is 17.8 Å². The van der Waals surface area contributed by atoms with Crippen molar-refractivity contribution >= 4 is 11.6 Å². The number of benzene rings is 1. The second kappa shape index (κ2) is 17.0. The van der Waals surface area contributed by atoms with E-state index in [0.29, 0.717) is 75.0 Å². The number of ether oxygens (including phenoxy) is 2. The molecule has 0 spiro atoms. The third kappa shape index (κ3) is 10.2. The largest absolute Gasteiger partial charge is 0.501 e. The second-order valence-electron chi connectivity index (χ2n) is 10.4. The van der Waals surface area contributed by atoms with Gasteiger partial charge in [-0.3, -0.25) is 0 Å². The fourth-order valence-electron chi connectivity index (χ4n) is 5.00. The van der Waals surface area contributed by atoms with Crippen LogP contribution in [0, 0.1) is 16.4 Å². The van der Waals surface area contributed by atoms with E-state index < -0.39 is 11.7 Å². The summed E-state index contributed by atoms with van der Waals surface area (Å²) in [6.45, 7) is 5.97. The Labute approximate surface area is 261 Å². The fraction of sp³-hybridized carbons (Fsp3) is 0.438. The van der Waals surface area contributed by atoms with Crippen LogP contribution in [0.2, 0.25) is 0 Å². The minimum atomic E-state index is -4.54. The predicted octanol–water partition coefficient (Wildman–Crippen LogP) is 7.00. The number of anilines is 1. The van der Waals surface area contributed by atoms with Gasteiger partial charge in [-0.05, 0) is 49.1 Å². The highest BCUT2D eigenvalue weighted by atomic mass is 19.4. The molecule has 3 rings (SSSR count). The van der Waals surface area contributed by atoms with E-state index in [1.54, 1.807) is 25.4 Å². The van der Waals surface area contributed by atoms with E-state index in [4.69, 9.17) is 19.7 Å². The van der Waals surface area contributed by atoms with Crippen molar-refractivity contribution in [1.82, 2.24) is 9.80 Å². The SMILES string of the molecule is C=C/C(=C\C=C(/CCN(C)/C(=N\C1=C(F)CCC=C1CCCN=O)N1CCN(c2cccc(OC#N)c2)CC1)OC)C(F)(F)F. The fourth-order valence-corrected chi connectivity index (χ4v) is 5.00. The van der Waals surface area contributed by atoms with E-state index >= 15 is 4.39 Å². The highest BCUT2D eigenvalue weighted by Gasteiger charge is 2.31. The van der Waals surface area contributed by atoms with Gasteiger partial charge in [-0.1, -0.05) is 30.0 Å². The summed E-state index contributed by atoms with van der Waals surface area (Å²) >= 11 is 0. The van der Waals surface area contributed by atoms with E-state index in [9.17, 15) is 18.1 Å². The molecule has 242 valence electrons. The number of guanidine groups is 1. The second-order valence-corrected chi connectivity index (χ2v) is 10.4. The Hall–Kier alpha value is -4.60. The van der Waals surface area contributed by atoms with Gasteiger partial charge in [0.25, 0.3) is 6.26 Å². The number of hydrogen-bond donors (Lipinski definition) is 0. The van der Waals surface area contributed by atoms with Gasteiger partial charge in [0, 0.05) is 64.4 Å². The normalized spacial score (nSPS) is 16.6. The molecule has 1 aliphatic heterocycles. The molecule has 1 aromatic rings.